The molecule has 2 aromatic heterocycles. The molecule has 3 heterocycles. The van der Waals surface area contributed by atoms with Gasteiger partial charge in [-0.3, -0.25) is 9.59 Å². The number of nitrogens with zero attached hydrogens (tertiary/aromatic N) is 2. The average Bonchev–Trinajstić information content (AvgIpc) is 2.79. The van der Waals surface area contributed by atoms with Crippen LogP contribution in [-0.2, 0) is 9.53 Å². The quantitative estimate of drug-likeness (QED) is 0.449. The topological polar surface area (TPSA) is 112 Å². The van der Waals surface area contributed by atoms with E-state index in [1.54, 1.807) is 23.6 Å². The molecule has 1 amide bonds. The normalized spacial score (nSPS) is 14.5. The molecule has 1 saturated heterocycles. The molecule has 1 aliphatic heterocycles. The van der Waals surface area contributed by atoms with Crippen molar-refractivity contribution in [3.05, 3.63) is 55.4 Å². The van der Waals surface area contributed by atoms with E-state index in [1.807, 2.05) is 0 Å². The Morgan fingerprint density at radius 2 is 1.89 bits per heavy atom. The van der Waals surface area contributed by atoms with Crippen molar-refractivity contribution in [1.82, 2.24) is 14.9 Å². The molecule has 0 unspecified atom stereocenters. The maximum Gasteiger partial charge on any atom is 0.227 e. The van der Waals surface area contributed by atoms with E-state index in [0.717, 1.165) is 0 Å². The van der Waals surface area contributed by atoms with Gasteiger partial charge in [0.25, 0.3) is 0 Å². The van der Waals surface area contributed by atoms with Gasteiger partial charge < -0.3 is 29.2 Å². The number of aryl methyl sites for hydroxylation is 1. The zero-order valence-corrected chi connectivity index (χ0v) is 21.1. The van der Waals surface area contributed by atoms with Crippen LogP contribution in [0, 0.1) is 6.92 Å². The van der Waals surface area contributed by atoms with Crippen LogP contribution in [0.4, 0.5) is 0 Å². The SMILES string of the molecule is CNC(=O)CCOc1ncc(Cl)c2c1c(=O)cc(C)n2-c1c(Cl)cc(OCC2(O)COC2)cc1Cl. The highest BCUT2D eigenvalue weighted by Gasteiger charge is 2.37. The summed E-state index contributed by atoms with van der Waals surface area (Å²) in [5, 5.41) is 13.4. The van der Waals surface area contributed by atoms with Gasteiger partial charge in [-0.05, 0) is 6.92 Å². The molecule has 9 nitrogen and oxygen atoms in total. The van der Waals surface area contributed by atoms with Gasteiger partial charge in [0.1, 0.15) is 23.3 Å². The number of hydrogen-bond donors (Lipinski definition) is 2. The molecule has 12 heteroatoms. The highest BCUT2D eigenvalue weighted by molar-refractivity contribution is 6.39. The van der Waals surface area contributed by atoms with Crippen molar-refractivity contribution in [2.45, 2.75) is 18.9 Å². The molecule has 1 aliphatic rings. The van der Waals surface area contributed by atoms with E-state index in [4.69, 9.17) is 49.0 Å². The molecular formula is C23H22Cl3N3O6. The van der Waals surface area contributed by atoms with Gasteiger partial charge in [0, 0.05) is 30.9 Å². The van der Waals surface area contributed by atoms with E-state index < -0.39 is 5.60 Å². The zero-order chi connectivity index (χ0) is 25.3. The van der Waals surface area contributed by atoms with Gasteiger partial charge in [0.05, 0.1) is 58.7 Å². The molecule has 0 atom stereocenters. The second-order valence-electron chi connectivity index (χ2n) is 8.13. The van der Waals surface area contributed by atoms with Crippen LogP contribution in [0.5, 0.6) is 11.6 Å². The van der Waals surface area contributed by atoms with Crippen LogP contribution in [-0.4, -0.2) is 59.6 Å². The highest BCUT2D eigenvalue weighted by Crippen LogP contribution is 2.38. The van der Waals surface area contributed by atoms with Crippen LogP contribution in [0.1, 0.15) is 12.1 Å². The smallest absolute Gasteiger partial charge is 0.227 e. The first-order valence-corrected chi connectivity index (χ1v) is 11.7. The summed E-state index contributed by atoms with van der Waals surface area (Å²) in [5.41, 5.74) is -0.205. The lowest BCUT2D eigenvalue weighted by molar-refractivity contribution is -0.192. The van der Waals surface area contributed by atoms with Crippen molar-refractivity contribution in [2.24, 2.45) is 0 Å². The highest BCUT2D eigenvalue weighted by atomic mass is 35.5. The summed E-state index contributed by atoms with van der Waals surface area (Å²) in [6.07, 6.45) is 1.44. The minimum absolute atomic E-state index is 0.0155. The van der Waals surface area contributed by atoms with Crippen molar-refractivity contribution in [3.63, 3.8) is 0 Å². The van der Waals surface area contributed by atoms with Crippen LogP contribution < -0.4 is 20.2 Å². The number of fused-ring (bicyclic) bond motifs is 1. The molecule has 1 fully saturated rings. The summed E-state index contributed by atoms with van der Waals surface area (Å²) in [4.78, 5) is 28.6. The predicted octanol–water partition coefficient (Wildman–Crippen LogP) is 3.31. The van der Waals surface area contributed by atoms with E-state index in [-0.39, 0.29) is 70.5 Å². The molecule has 0 spiro atoms. The Bertz CT molecular complexity index is 1330. The van der Waals surface area contributed by atoms with Gasteiger partial charge in [-0.1, -0.05) is 34.8 Å². The fourth-order valence-electron chi connectivity index (χ4n) is 3.65. The number of ether oxygens (including phenoxy) is 3. The summed E-state index contributed by atoms with van der Waals surface area (Å²) in [5.74, 6) is 0.183. The maximum absolute atomic E-state index is 13.0. The van der Waals surface area contributed by atoms with Crippen molar-refractivity contribution in [3.8, 4) is 17.3 Å². The van der Waals surface area contributed by atoms with Gasteiger partial charge in [-0.25, -0.2) is 4.98 Å². The molecule has 2 N–H and O–H groups in total. The second kappa shape index (κ2) is 10.2. The Kier molecular flexibility index (Phi) is 7.44. The summed E-state index contributed by atoms with van der Waals surface area (Å²) >= 11 is 19.7. The number of nitrogens with one attached hydrogen (secondary N) is 1. The largest absolute Gasteiger partial charge is 0.490 e. The summed E-state index contributed by atoms with van der Waals surface area (Å²) < 4.78 is 18.0. The van der Waals surface area contributed by atoms with Crippen molar-refractivity contribution < 1.29 is 24.1 Å². The molecule has 186 valence electrons. The molecular weight excluding hydrogens is 521 g/mol. The monoisotopic (exact) mass is 541 g/mol. The standard InChI is InChI=1S/C23H22Cl3N3O6/c1-12-5-17(30)19-21(16(26)8-28-22(19)34-4-3-18(31)27-2)29(12)20-14(24)6-13(7-15(20)25)35-11-23(32)9-33-10-23/h5-8,32H,3-4,9-11H2,1-2H3,(H,27,31). The Morgan fingerprint density at radius 3 is 2.49 bits per heavy atom. The third kappa shape index (κ3) is 5.19. The Balaban J connectivity index is 1.78. The van der Waals surface area contributed by atoms with Crippen LogP contribution in [0.15, 0.2) is 29.2 Å². The van der Waals surface area contributed by atoms with Gasteiger partial charge in [0.15, 0.2) is 5.43 Å². The van der Waals surface area contributed by atoms with E-state index >= 15 is 0 Å². The number of aliphatic hydroxyl groups is 1. The van der Waals surface area contributed by atoms with Crippen LogP contribution in [0.25, 0.3) is 16.6 Å². The van der Waals surface area contributed by atoms with Crippen LogP contribution in [0.2, 0.25) is 15.1 Å². The number of benzene rings is 1. The summed E-state index contributed by atoms with van der Waals surface area (Å²) in [6.45, 7) is 2.13. The average molecular weight is 543 g/mol. The zero-order valence-electron chi connectivity index (χ0n) is 18.9. The number of carbonyl (C=O) groups excluding carboxylic acids is 1. The van der Waals surface area contributed by atoms with Gasteiger partial charge in [0.2, 0.25) is 11.8 Å². The van der Waals surface area contributed by atoms with Gasteiger partial charge in [-0.2, -0.15) is 0 Å². The first-order valence-electron chi connectivity index (χ1n) is 10.6. The number of amides is 1. The van der Waals surface area contributed by atoms with Crippen LogP contribution in [0.3, 0.4) is 0 Å². The van der Waals surface area contributed by atoms with Crippen molar-refractivity contribution >= 4 is 51.6 Å². The first-order chi connectivity index (χ1) is 16.6. The lowest BCUT2D eigenvalue weighted by atomic mass is 10.0. The summed E-state index contributed by atoms with van der Waals surface area (Å²) in [7, 11) is 1.52. The van der Waals surface area contributed by atoms with E-state index in [1.165, 1.54) is 19.3 Å². The molecule has 0 bridgehead atoms. The number of carbonyl (C=O) groups is 1. The fourth-order valence-corrected chi connectivity index (χ4v) is 4.51. The summed E-state index contributed by atoms with van der Waals surface area (Å²) in [6, 6.07) is 4.52. The van der Waals surface area contributed by atoms with Crippen LogP contribution >= 0.6 is 34.8 Å². The van der Waals surface area contributed by atoms with Gasteiger partial charge in [-0.15, -0.1) is 0 Å². The number of rotatable bonds is 8. The van der Waals surface area contributed by atoms with Gasteiger partial charge >= 0.3 is 0 Å². The number of halogens is 3. The number of pyridine rings is 2. The maximum atomic E-state index is 13.0. The second-order valence-corrected chi connectivity index (χ2v) is 9.35. The molecule has 0 saturated carbocycles. The predicted molar refractivity (Wildman–Crippen MR) is 133 cm³/mol. The Morgan fingerprint density at radius 1 is 1.20 bits per heavy atom. The molecule has 1 aromatic carbocycles. The van der Waals surface area contributed by atoms with Crippen molar-refractivity contribution in [1.29, 1.82) is 0 Å². The van der Waals surface area contributed by atoms with E-state index in [9.17, 15) is 14.7 Å². The fraction of sp³-hybridized carbons (Fsp3) is 0.348. The number of hydrogen-bond acceptors (Lipinski definition) is 7. The number of aromatic nitrogens is 2. The minimum Gasteiger partial charge on any atom is -0.490 e. The van der Waals surface area contributed by atoms with E-state index in [0.29, 0.717) is 22.6 Å². The first kappa shape index (κ1) is 25.5. The lowest BCUT2D eigenvalue weighted by Gasteiger charge is -2.35. The van der Waals surface area contributed by atoms with Crippen molar-refractivity contribution in [2.75, 3.05) is 33.5 Å². The third-order valence-corrected chi connectivity index (χ3v) is 6.30. The van der Waals surface area contributed by atoms with E-state index in [2.05, 4.69) is 10.3 Å². The molecule has 3 aromatic rings. The third-order valence-electron chi connectivity index (χ3n) is 5.44. The lowest BCUT2D eigenvalue weighted by Crippen LogP contribution is -2.53. The molecule has 0 aliphatic carbocycles. The minimum atomic E-state index is -1.04. The molecule has 0 radical (unpaired) electrons. The molecule has 4 rings (SSSR count). The Hall–Kier alpha value is -2.56. The Labute approximate surface area is 215 Å². The molecule has 35 heavy (non-hydrogen) atoms.